The van der Waals surface area contributed by atoms with E-state index in [4.69, 9.17) is 5.11 Å². The number of aromatic carboxylic acids is 1. The molecule has 0 aliphatic heterocycles. The Morgan fingerprint density at radius 3 is 2.50 bits per heavy atom. The Morgan fingerprint density at radius 1 is 1.35 bits per heavy atom. The van der Waals surface area contributed by atoms with Crippen LogP contribution in [0.15, 0.2) is 18.2 Å². The summed E-state index contributed by atoms with van der Waals surface area (Å²) in [6.07, 6.45) is 2.57. The predicted octanol–water partition coefficient (Wildman–Crippen LogP) is 1.95. The molecule has 0 heterocycles. The number of aryl methyl sites for hydroxylation is 1. The van der Waals surface area contributed by atoms with Crippen LogP contribution >= 0.6 is 0 Å². The Hall–Kier alpha value is -1.60. The minimum Gasteiger partial charge on any atom is -0.478 e. The summed E-state index contributed by atoms with van der Waals surface area (Å²) in [4.78, 5) is 11.0. The number of nitrogens with zero attached hydrogens (tertiary/aromatic N) is 1. The van der Waals surface area contributed by atoms with Gasteiger partial charge in [0.2, 0.25) is 0 Å². The van der Waals surface area contributed by atoms with Gasteiger partial charge in [-0.05, 0) is 30.5 Å². The van der Waals surface area contributed by atoms with E-state index in [0.29, 0.717) is 12.1 Å². The molecule has 0 aliphatic carbocycles. The molecule has 7 heteroatoms. The topological polar surface area (TPSA) is 86.7 Å². The molecule has 20 heavy (non-hydrogen) atoms. The Kier molecular flexibility index (Phi) is 5.52. The first kappa shape index (κ1) is 16.5. The van der Waals surface area contributed by atoms with Crippen molar-refractivity contribution in [3.8, 4) is 0 Å². The van der Waals surface area contributed by atoms with E-state index in [1.807, 2.05) is 6.92 Å². The van der Waals surface area contributed by atoms with E-state index in [-0.39, 0.29) is 5.56 Å². The molecule has 2 N–H and O–H groups in total. The van der Waals surface area contributed by atoms with Gasteiger partial charge < -0.3 is 5.11 Å². The largest absolute Gasteiger partial charge is 0.478 e. The molecule has 6 nitrogen and oxygen atoms in total. The fourth-order valence-electron chi connectivity index (χ4n) is 1.62. The van der Waals surface area contributed by atoms with Crippen LogP contribution in [0, 0.1) is 0 Å². The molecular formula is C13H20N2O4S. The maximum atomic E-state index is 11.9. The van der Waals surface area contributed by atoms with Gasteiger partial charge >= 0.3 is 16.2 Å². The lowest BCUT2D eigenvalue weighted by atomic mass is 10.0. The third-order valence-electron chi connectivity index (χ3n) is 2.88. The highest BCUT2D eigenvalue weighted by Gasteiger charge is 2.16. The Labute approximate surface area is 119 Å². The number of nitrogens with one attached hydrogen (secondary N) is 1. The number of carboxylic acids is 1. The van der Waals surface area contributed by atoms with E-state index < -0.39 is 16.2 Å². The quantitative estimate of drug-likeness (QED) is 0.805. The van der Waals surface area contributed by atoms with Crippen LogP contribution in [0.3, 0.4) is 0 Å². The summed E-state index contributed by atoms with van der Waals surface area (Å²) in [5.41, 5.74) is 1.18. The monoisotopic (exact) mass is 300 g/mol. The van der Waals surface area contributed by atoms with Crippen molar-refractivity contribution in [2.75, 3.05) is 18.8 Å². The first-order chi connectivity index (χ1) is 9.27. The molecule has 0 fully saturated rings. The van der Waals surface area contributed by atoms with E-state index >= 15 is 0 Å². The van der Waals surface area contributed by atoms with Gasteiger partial charge in [0.15, 0.2) is 0 Å². The van der Waals surface area contributed by atoms with Crippen LogP contribution in [-0.4, -0.2) is 37.9 Å². The fourth-order valence-corrected chi connectivity index (χ4v) is 2.27. The van der Waals surface area contributed by atoms with E-state index in [0.717, 1.165) is 22.7 Å². The summed E-state index contributed by atoms with van der Waals surface area (Å²) in [6, 6.07) is 4.50. The van der Waals surface area contributed by atoms with Gasteiger partial charge in [0.25, 0.3) is 0 Å². The number of unbranched alkanes of at least 4 members (excludes halogenated alkanes) is 1. The molecule has 1 aromatic rings. The van der Waals surface area contributed by atoms with Gasteiger partial charge in [-0.25, -0.2) is 4.79 Å². The smallest absolute Gasteiger partial charge is 0.335 e. The third kappa shape index (κ3) is 4.21. The number of hydrogen-bond donors (Lipinski definition) is 2. The van der Waals surface area contributed by atoms with Crippen LogP contribution in [0.1, 0.15) is 35.7 Å². The molecular weight excluding hydrogens is 280 g/mol. The molecule has 0 radical (unpaired) electrons. The molecule has 0 bridgehead atoms. The Morgan fingerprint density at radius 2 is 2.00 bits per heavy atom. The van der Waals surface area contributed by atoms with Crippen LogP contribution in [0.25, 0.3) is 0 Å². The van der Waals surface area contributed by atoms with E-state index in [9.17, 15) is 13.2 Å². The van der Waals surface area contributed by atoms with Gasteiger partial charge in [0.05, 0.1) is 11.3 Å². The van der Waals surface area contributed by atoms with Crippen molar-refractivity contribution in [1.29, 1.82) is 0 Å². The summed E-state index contributed by atoms with van der Waals surface area (Å²) >= 11 is 0. The van der Waals surface area contributed by atoms with Gasteiger partial charge in [-0.15, -0.1) is 0 Å². The standard InChI is InChI=1S/C13H20N2O4S/c1-4-5-6-10-7-8-11(13(16)17)9-12(10)14-20(18,19)15(2)3/h7-9,14H,4-6H2,1-3H3,(H,16,17). The van der Waals surface area contributed by atoms with Crippen LogP contribution in [0.4, 0.5) is 5.69 Å². The second kappa shape index (κ2) is 6.71. The summed E-state index contributed by atoms with van der Waals surface area (Å²) in [7, 11) is -0.827. The van der Waals surface area contributed by atoms with Gasteiger partial charge in [-0.1, -0.05) is 19.4 Å². The lowest BCUT2D eigenvalue weighted by Crippen LogP contribution is -2.29. The summed E-state index contributed by atoms with van der Waals surface area (Å²) in [5.74, 6) is -1.09. The number of hydrogen-bond acceptors (Lipinski definition) is 3. The fraction of sp³-hybridized carbons (Fsp3) is 0.462. The molecule has 0 aliphatic rings. The minimum atomic E-state index is -3.65. The number of benzene rings is 1. The first-order valence-corrected chi connectivity index (χ1v) is 7.78. The third-order valence-corrected chi connectivity index (χ3v) is 4.32. The Balaban J connectivity index is 3.17. The SMILES string of the molecule is CCCCc1ccc(C(=O)O)cc1NS(=O)(=O)N(C)C. The van der Waals surface area contributed by atoms with Crippen molar-refractivity contribution < 1.29 is 18.3 Å². The van der Waals surface area contributed by atoms with Crippen LogP contribution < -0.4 is 4.72 Å². The molecule has 0 spiro atoms. The maximum Gasteiger partial charge on any atom is 0.335 e. The lowest BCUT2D eigenvalue weighted by Gasteiger charge is -2.16. The molecule has 112 valence electrons. The van der Waals surface area contributed by atoms with E-state index in [2.05, 4.69) is 4.72 Å². The zero-order valence-electron chi connectivity index (χ0n) is 11.9. The molecule has 0 saturated carbocycles. The molecule has 1 rings (SSSR count). The highest BCUT2D eigenvalue weighted by molar-refractivity contribution is 7.90. The lowest BCUT2D eigenvalue weighted by molar-refractivity contribution is 0.0697. The molecule has 0 aromatic heterocycles. The van der Waals surface area contributed by atoms with Crippen molar-refractivity contribution >= 4 is 21.9 Å². The van der Waals surface area contributed by atoms with E-state index in [1.165, 1.54) is 26.2 Å². The molecule has 1 aromatic carbocycles. The van der Waals surface area contributed by atoms with Crippen molar-refractivity contribution in [2.45, 2.75) is 26.2 Å². The summed E-state index contributed by atoms with van der Waals surface area (Å²) in [5, 5.41) is 9.00. The zero-order chi connectivity index (χ0) is 15.3. The van der Waals surface area contributed by atoms with Crippen LogP contribution in [-0.2, 0) is 16.6 Å². The van der Waals surface area contributed by atoms with Crippen molar-refractivity contribution in [1.82, 2.24) is 4.31 Å². The van der Waals surface area contributed by atoms with Gasteiger partial charge in [-0.3, -0.25) is 4.72 Å². The predicted molar refractivity (Wildman–Crippen MR) is 78.2 cm³/mol. The number of carboxylic acid groups (broad SMARTS) is 1. The number of carbonyl (C=O) groups is 1. The normalized spacial score (nSPS) is 11.6. The highest BCUT2D eigenvalue weighted by atomic mass is 32.2. The van der Waals surface area contributed by atoms with E-state index in [1.54, 1.807) is 6.07 Å². The number of anilines is 1. The summed E-state index contributed by atoms with van der Waals surface area (Å²) in [6.45, 7) is 2.04. The van der Waals surface area contributed by atoms with Crippen molar-refractivity contribution in [2.24, 2.45) is 0 Å². The van der Waals surface area contributed by atoms with Gasteiger partial charge in [-0.2, -0.15) is 12.7 Å². The maximum absolute atomic E-state index is 11.9. The molecule has 0 unspecified atom stereocenters. The van der Waals surface area contributed by atoms with Crippen molar-refractivity contribution in [3.63, 3.8) is 0 Å². The summed E-state index contributed by atoms with van der Waals surface area (Å²) < 4.78 is 27.2. The average Bonchev–Trinajstić information content (AvgIpc) is 2.36. The Bertz CT molecular complexity index is 582. The average molecular weight is 300 g/mol. The van der Waals surface area contributed by atoms with Gasteiger partial charge in [0.1, 0.15) is 0 Å². The zero-order valence-corrected chi connectivity index (χ0v) is 12.7. The minimum absolute atomic E-state index is 0.0571. The van der Waals surface area contributed by atoms with Crippen LogP contribution in [0.2, 0.25) is 0 Å². The number of rotatable bonds is 7. The second-order valence-corrected chi connectivity index (χ2v) is 6.55. The highest BCUT2D eigenvalue weighted by Crippen LogP contribution is 2.22. The molecule has 0 amide bonds. The van der Waals surface area contributed by atoms with Crippen molar-refractivity contribution in [3.05, 3.63) is 29.3 Å². The second-order valence-electron chi connectivity index (χ2n) is 4.67. The van der Waals surface area contributed by atoms with Crippen LogP contribution in [0.5, 0.6) is 0 Å². The molecule has 0 saturated heterocycles. The first-order valence-electron chi connectivity index (χ1n) is 6.34. The van der Waals surface area contributed by atoms with Gasteiger partial charge in [0, 0.05) is 14.1 Å². The molecule has 0 atom stereocenters.